The molecule has 2 aromatic rings. The van der Waals surface area contributed by atoms with Crippen molar-refractivity contribution >= 4 is 55.8 Å². The SMILES string of the molecule is O=C(NOCCCO)c1cc(Br)c(F)c(F)c1Nc1ccc(I)cc1F. The molecule has 0 heterocycles. The molecule has 26 heavy (non-hydrogen) atoms. The summed E-state index contributed by atoms with van der Waals surface area (Å²) in [5, 5.41) is 11.1. The minimum absolute atomic E-state index is 0.0294. The number of aliphatic hydroxyl groups excluding tert-OH is 1. The number of hydrogen-bond acceptors (Lipinski definition) is 4. The highest BCUT2D eigenvalue weighted by molar-refractivity contribution is 14.1. The van der Waals surface area contributed by atoms with E-state index in [-0.39, 0.29) is 35.4 Å². The molecule has 0 atom stereocenters. The molecule has 1 amide bonds. The predicted molar refractivity (Wildman–Crippen MR) is 102 cm³/mol. The number of halogens is 5. The lowest BCUT2D eigenvalue weighted by Crippen LogP contribution is -2.26. The van der Waals surface area contributed by atoms with Gasteiger partial charge in [-0.2, -0.15) is 0 Å². The second kappa shape index (κ2) is 9.53. The van der Waals surface area contributed by atoms with E-state index in [9.17, 15) is 18.0 Å². The van der Waals surface area contributed by atoms with E-state index >= 15 is 0 Å². The molecule has 0 aliphatic heterocycles. The highest BCUT2D eigenvalue weighted by Crippen LogP contribution is 2.32. The minimum Gasteiger partial charge on any atom is -0.396 e. The summed E-state index contributed by atoms with van der Waals surface area (Å²) in [5.74, 6) is -4.13. The molecule has 0 aliphatic rings. The second-order valence-corrected chi connectivity index (χ2v) is 7.11. The Hall–Kier alpha value is -1.37. The van der Waals surface area contributed by atoms with Crippen molar-refractivity contribution in [1.82, 2.24) is 5.48 Å². The van der Waals surface area contributed by atoms with Crippen LogP contribution in [0.4, 0.5) is 24.5 Å². The monoisotopic (exact) mass is 544 g/mol. The van der Waals surface area contributed by atoms with Gasteiger partial charge in [0.2, 0.25) is 0 Å². The molecule has 140 valence electrons. The van der Waals surface area contributed by atoms with Crippen molar-refractivity contribution < 1.29 is 27.9 Å². The van der Waals surface area contributed by atoms with Crippen molar-refractivity contribution in [3.8, 4) is 0 Å². The van der Waals surface area contributed by atoms with Gasteiger partial charge in [0.1, 0.15) is 5.82 Å². The summed E-state index contributed by atoms with van der Waals surface area (Å²) in [7, 11) is 0. The maximum Gasteiger partial charge on any atom is 0.277 e. The molecular formula is C16H13BrF3IN2O3. The molecular weight excluding hydrogens is 532 g/mol. The Morgan fingerprint density at radius 2 is 1.96 bits per heavy atom. The third-order valence-electron chi connectivity index (χ3n) is 3.17. The Labute approximate surface area is 169 Å². The molecule has 0 fully saturated rings. The molecule has 3 N–H and O–H groups in total. The minimum atomic E-state index is -1.35. The van der Waals surface area contributed by atoms with Crippen molar-refractivity contribution in [2.24, 2.45) is 0 Å². The lowest BCUT2D eigenvalue weighted by Gasteiger charge is -2.15. The zero-order valence-electron chi connectivity index (χ0n) is 13.1. The van der Waals surface area contributed by atoms with Gasteiger partial charge in [-0.3, -0.25) is 9.63 Å². The molecule has 0 bridgehead atoms. The average molecular weight is 545 g/mol. The van der Waals surface area contributed by atoms with Gasteiger partial charge in [-0.05, 0) is 69.2 Å². The number of benzene rings is 2. The zero-order valence-corrected chi connectivity index (χ0v) is 16.8. The van der Waals surface area contributed by atoms with Gasteiger partial charge in [0.05, 0.1) is 28.0 Å². The van der Waals surface area contributed by atoms with Crippen LogP contribution in [-0.2, 0) is 4.84 Å². The van der Waals surface area contributed by atoms with Gasteiger partial charge in [0, 0.05) is 10.2 Å². The highest BCUT2D eigenvalue weighted by Gasteiger charge is 2.23. The van der Waals surface area contributed by atoms with E-state index in [4.69, 9.17) is 9.94 Å². The molecule has 0 aliphatic carbocycles. The van der Waals surface area contributed by atoms with E-state index in [0.717, 1.165) is 6.07 Å². The van der Waals surface area contributed by atoms with Gasteiger partial charge in [-0.15, -0.1) is 0 Å². The highest BCUT2D eigenvalue weighted by atomic mass is 127. The van der Waals surface area contributed by atoms with Gasteiger partial charge in [0.15, 0.2) is 11.6 Å². The first-order valence-electron chi connectivity index (χ1n) is 7.27. The zero-order chi connectivity index (χ0) is 19.3. The number of anilines is 2. The molecule has 0 saturated carbocycles. The Kier molecular flexibility index (Phi) is 7.68. The van der Waals surface area contributed by atoms with Crippen LogP contribution in [0.1, 0.15) is 16.8 Å². The summed E-state index contributed by atoms with van der Waals surface area (Å²) < 4.78 is 42.7. The molecule has 2 aromatic carbocycles. The number of rotatable bonds is 7. The topological polar surface area (TPSA) is 70.6 Å². The van der Waals surface area contributed by atoms with E-state index < -0.39 is 29.0 Å². The molecule has 0 aromatic heterocycles. The summed E-state index contributed by atoms with van der Waals surface area (Å²) in [5.41, 5.74) is 1.11. The van der Waals surface area contributed by atoms with E-state index in [2.05, 4.69) is 26.7 Å². The van der Waals surface area contributed by atoms with E-state index in [1.165, 1.54) is 12.1 Å². The lowest BCUT2D eigenvalue weighted by molar-refractivity contribution is 0.0262. The van der Waals surface area contributed by atoms with Crippen molar-refractivity contribution in [2.75, 3.05) is 18.5 Å². The van der Waals surface area contributed by atoms with Crippen LogP contribution in [0, 0.1) is 21.0 Å². The first-order valence-corrected chi connectivity index (χ1v) is 9.15. The van der Waals surface area contributed by atoms with Crippen LogP contribution in [0.2, 0.25) is 0 Å². The van der Waals surface area contributed by atoms with Crippen LogP contribution in [-0.4, -0.2) is 24.2 Å². The molecule has 10 heteroatoms. The largest absolute Gasteiger partial charge is 0.396 e. The van der Waals surface area contributed by atoms with Crippen LogP contribution >= 0.6 is 38.5 Å². The standard InChI is InChI=1S/C16H13BrF3IN2O3/c17-10-7-9(16(25)23-26-5-1-4-24)15(14(20)13(10)19)22-12-3-2-8(21)6-11(12)18/h2-3,6-7,22,24H,1,4-5H2,(H,23,25). The van der Waals surface area contributed by atoms with Gasteiger partial charge in [-0.1, -0.05) is 0 Å². The fourth-order valence-corrected chi connectivity index (χ4v) is 2.79. The number of hydrogen-bond donors (Lipinski definition) is 3. The van der Waals surface area contributed by atoms with E-state index in [1.807, 2.05) is 22.6 Å². The maximum atomic E-state index is 14.4. The second-order valence-electron chi connectivity index (χ2n) is 5.01. The fourth-order valence-electron chi connectivity index (χ4n) is 1.93. The summed E-state index contributed by atoms with van der Waals surface area (Å²) in [6.45, 7) is -0.104. The number of amides is 1. The summed E-state index contributed by atoms with van der Waals surface area (Å²) in [6.07, 6.45) is 0.278. The van der Waals surface area contributed by atoms with Crippen LogP contribution in [0.3, 0.4) is 0 Å². The molecule has 2 rings (SSSR count). The van der Waals surface area contributed by atoms with Crippen LogP contribution in [0.15, 0.2) is 28.7 Å². The van der Waals surface area contributed by atoms with Crippen LogP contribution < -0.4 is 10.8 Å². The summed E-state index contributed by atoms with van der Waals surface area (Å²) >= 11 is 4.73. The third kappa shape index (κ3) is 5.09. The summed E-state index contributed by atoms with van der Waals surface area (Å²) in [6, 6.07) is 5.16. The maximum absolute atomic E-state index is 14.4. The van der Waals surface area contributed by atoms with E-state index in [0.29, 0.717) is 3.57 Å². The van der Waals surface area contributed by atoms with Crippen molar-refractivity contribution in [3.05, 3.63) is 55.3 Å². The quantitative estimate of drug-likeness (QED) is 0.211. The smallest absolute Gasteiger partial charge is 0.277 e. The number of aliphatic hydroxyl groups is 1. The number of carbonyl (C=O) groups excluding carboxylic acids is 1. The molecule has 0 radical (unpaired) electrons. The first kappa shape index (κ1) is 20.9. The Bertz CT molecular complexity index is 824. The number of carbonyl (C=O) groups is 1. The van der Waals surface area contributed by atoms with Gasteiger partial charge >= 0.3 is 0 Å². The molecule has 0 saturated heterocycles. The van der Waals surface area contributed by atoms with Crippen LogP contribution in [0.25, 0.3) is 0 Å². The molecule has 0 spiro atoms. The van der Waals surface area contributed by atoms with Gasteiger partial charge < -0.3 is 10.4 Å². The Balaban J connectivity index is 2.36. The van der Waals surface area contributed by atoms with Gasteiger partial charge in [-0.25, -0.2) is 18.7 Å². The van der Waals surface area contributed by atoms with E-state index in [1.54, 1.807) is 6.07 Å². The van der Waals surface area contributed by atoms with Gasteiger partial charge in [0.25, 0.3) is 5.91 Å². The van der Waals surface area contributed by atoms with Crippen molar-refractivity contribution in [3.63, 3.8) is 0 Å². The molecule has 5 nitrogen and oxygen atoms in total. The first-order chi connectivity index (χ1) is 12.3. The van der Waals surface area contributed by atoms with Crippen molar-refractivity contribution in [2.45, 2.75) is 6.42 Å². The predicted octanol–water partition coefficient (Wildman–Crippen LogP) is 4.26. The normalized spacial score (nSPS) is 10.7. The fraction of sp³-hybridized carbons (Fsp3) is 0.188. The lowest BCUT2D eigenvalue weighted by atomic mass is 10.1. The van der Waals surface area contributed by atoms with Crippen LogP contribution in [0.5, 0.6) is 0 Å². The average Bonchev–Trinajstić information content (AvgIpc) is 2.60. The summed E-state index contributed by atoms with van der Waals surface area (Å²) in [4.78, 5) is 17.1. The number of hydroxylamine groups is 1. The third-order valence-corrected chi connectivity index (χ3v) is 4.42. The molecule has 0 unspecified atom stereocenters. The van der Waals surface area contributed by atoms with Crippen molar-refractivity contribution in [1.29, 1.82) is 0 Å². The number of nitrogens with one attached hydrogen (secondary N) is 2. The Morgan fingerprint density at radius 1 is 1.23 bits per heavy atom. The Morgan fingerprint density at radius 3 is 2.62 bits per heavy atom.